The lowest BCUT2D eigenvalue weighted by molar-refractivity contribution is 0.0601. The Bertz CT molecular complexity index is 782. The number of nitrogens with one attached hydrogen (secondary N) is 2. The number of furan rings is 1. The lowest BCUT2D eigenvalue weighted by atomic mass is 10.1. The van der Waals surface area contributed by atoms with Crippen LogP contribution in [0.5, 0.6) is 0 Å². The van der Waals surface area contributed by atoms with Gasteiger partial charge in [0.15, 0.2) is 5.11 Å². The Morgan fingerprint density at radius 1 is 1.40 bits per heavy atom. The van der Waals surface area contributed by atoms with Crippen LogP contribution < -0.4 is 10.6 Å². The van der Waals surface area contributed by atoms with Gasteiger partial charge in [0, 0.05) is 14.1 Å². The maximum Gasteiger partial charge on any atom is 0.341 e. The van der Waals surface area contributed by atoms with Gasteiger partial charge in [-0.3, -0.25) is 4.79 Å². The Morgan fingerprint density at radius 3 is 2.68 bits per heavy atom. The smallest absolute Gasteiger partial charge is 0.341 e. The molecule has 0 bridgehead atoms. The van der Waals surface area contributed by atoms with E-state index >= 15 is 0 Å². The molecule has 0 aliphatic heterocycles. The third-order valence-corrected chi connectivity index (χ3v) is 4.81. The first-order chi connectivity index (χ1) is 11.8. The predicted molar refractivity (Wildman–Crippen MR) is 100 cm³/mol. The normalized spacial score (nSPS) is 10.2. The minimum atomic E-state index is -0.525. The van der Waals surface area contributed by atoms with Crippen LogP contribution in [-0.4, -0.2) is 43.1 Å². The molecule has 1 amide bonds. The van der Waals surface area contributed by atoms with Gasteiger partial charge >= 0.3 is 5.97 Å². The van der Waals surface area contributed by atoms with E-state index in [1.54, 1.807) is 33.3 Å². The Hall–Kier alpha value is -2.39. The summed E-state index contributed by atoms with van der Waals surface area (Å²) in [4.78, 5) is 26.3. The molecule has 25 heavy (non-hydrogen) atoms. The summed E-state index contributed by atoms with van der Waals surface area (Å²) < 4.78 is 10.1. The second kappa shape index (κ2) is 8.13. The summed E-state index contributed by atoms with van der Waals surface area (Å²) >= 11 is 6.42. The maximum absolute atomic E-state index is 12.3. The highest BCUT2D eigenvalue weighted by Gasteiger charge is 2.26. The number of thiocarbonyl (C=S) groups is 1. The van der Waals surface area contributed by atoms with E-state index in [9.17, 15) is 9.59 Å². The zero-order valence-electron chi connectivity index (χ0n) is 14.3. The lowest BCUT2D eigenvalue weighted by Gasteiger charge is -2.09. The van der Waals surface area contributed by atoms with Crippen LogP contribution >= 0.6 is 23.6 Å². The summed E-state index contributed by atoms with van der Waals surface area (Å²) in [5, 5.41) is 6.73. The highest BCUT2D eigenvalue weighted by molar-refractivity contribution is 7.80. The third-order valence-electron chi connectivity index (χ3n) is 3.37. The molecule has 134 valence electrons. The molecule has 9 heteroatoms. The van der Waals surface area contributed by atoms with Gasteiger partial charge in [-0.2, -0.15) is 0 Å². The molecule has 0 aliphatic carbocycles. The van der Waals surface area contributed by atoms with Crippen LogP contribution in [0.25, 0.3) is 0 Å². The largest absolute Gasteiger partial charge is 0.467 e. The van der Waals surface area contributed by atoms with Crippen molar-refractivity contribution >= 4 is 45.5 Å². The number of hydrogen-bond donors (Lipinski definition) is 2. The fourth-order valence-electron chi connectivity index (χ4n) is 2.08. The SMILES string of the molecule is COC(=O)c1c(NC(=S)NCc2ccco2)sc(C(=O)N(C)C)c1C. The summed E-state index contributed by atoms with van der Waals surface area (Å²) in [6.07, 6.45) is 1.57. The van der Waals surface area contributed by atoms with E-state index in [0.717, 1.165) is 17.1 Å². The molecule has 7 nitrogen and oxygen atoms in total. The molecule has 0 fully saturated rings. The van der Waals surface area contributed by atoms with Crippen molar-refractivity contribution in [2.24, 2.45) is 0 Å². The Morgan fingerprint density at radius 2 is 2.12 bits per heavy atom. The molecule has 2 aromatic rings. The van der Waals surface area contributed by atoms with Crippen molar-refractivity contribution in [3.63, 3.8) is 0 Å². The van der Waals surface area contributed by atoms with Crippen molar-refractivity contribution in [1.29, 1.82) is 0 Å². The molecule has 2 N–H and O–H groups in total. The van der Waals surface area contributed by atoms with Crippen LogP contribution in [0.1, 0.15) is 31.4 Å². The van der Waals surface area contributed by atoms with E-state index in [0.29, 0.717) is 32.7 Å². The quantitative estimate of drug-likeness (QED) is 0.608. The molecular weight excluding hydrogens is 362 g/mol. The van der Waals surface area contributed by atoms with Crippen LogP contribution in [0.15, 0.2) is 22.8 Å². The molecule has 0 aromatic carbocycles. The van der Waals surface area contributed by atoms with Gasteiger partial charge in [-0.1, -0.05) is 0 Å². The van der Waals surface area contributed by atoms with Crippen molar-refractivity contribution < 1.29 is 18.7 Å². The molecule has 0 saturated heterocycles. The van der Waals surface area contributed by atoms with Crippen molar-refractivity contribution in [2.75, 3.05) is 26.5 Å². The predicted octanol–water partition coefficient (Wildman–Crippen LogP) is 2.62. The standard InChI is InChI=1S/C16H19N3O4S2/c1-9-11(15(21)22-4)13(25-12(9)14(20)19(2)3)18-16(24)17-8-10-6-5-7-23-10/h5-7H,8H2,1-4H3,(H2,17,18,24). The minimum Gasteiger partial charge on any atom is -0.467 e. The molecule has 2 rings (SSSR count). The van der Waals surface area contributed by atoms with Crippen molar-refractivity contribution in [3.8, 4) is 0 Å². The van der Waals surface area contributed by atoms with Crippen molar-refractivity contribution in [2.45, 2.75) is 13.5 Å². The van der Waals surface area contributed by atoms with Gasteiger partial charge in [-0.05, 0) is 36.8 Å². The summed E-state index contributed by atoms with van der Waals surface area (Å²) in [6, 6.07) is 3.60. The minimum absolute atomic E-state index is 0.185. The second-order valence-corrected chi connectivity index (χ2v) is 6.77. The number of thiophene rings is 1. The third kappa shape index (κ3) is 4.37. The molecule has 0 atom stereocenters. The molecular formula is C16H19N3O4S2. The van der Waals surface area contributed by atoms with Gasteiger partial charge in [-0.15, -0.1) is 11.3 Å². The average Bonchev–Trinajstić information content (AvgIpc) is 3.19. The number of amides is 1. The fraction of sp³-hybridized carbons (Fsp3) is 0.312. The van der Waals surface area contributed by atoms with Crippen LogP contribution in [0.3, 0.4) is 0 Å². The zero-order valence-corrected chi connectivity index (χ0v) is 16.0. The van der Waals surface area contributed by atoms with Crippen LogP contribution in [0.4, 0.5) is 5.00 Å². The molecule has 0 aliphatic rings. The Balaban J connectivity index is 2.22. The van der Waals surface area contributed by atoms with Crippen molar-refractivity contribution in [1.82, 2.24) is 10.2 Å². The topological polar surface area (TPSA) is 83.8 Å². The van der Waals surface area contributed by atoms with Crippen LogP contribution in [-0.2, 0) is 11.3 Å². The molecule has 0 radical (unpaired) electrons. The first-order valence-electron chi connectivity index (χ1n) is 7.35. The Kier molecular flexibility index (Phi) is 6.16. The highest BCUT2D eigenvalue weighted by atomic mass is 32.1. The van der Waals surface area contributed by atoms with E-state index in [-0.39, 0.29) is 5.91 Å². The molecule has 0 saturated carbocycles. The van der Waals surface area contributed by atoms with E-state index in [1.807, 2.05) is 6.07 Å². The van der Waals surface area contributed by atoms with Gasteiger partial charge in [0.1, 0.15) is 10.8 Å². The van der Waals surface area contributed by atoms with E-state index in [4.69, 9.17) is 21.4 Å². The highest BCUT2D eigenvalue weighted by Crippen LogP contribution is 2.34. The molecule has 2 aromatic heterocycles. The summed E-state index contributed by atoms with van der Waals surface area (Å²) in [6.45, 7) is 2.12. The zero-order chi connectivity index (χ0) is 18.6. The summed E-state index contributed by atoms with van der Waals surface area (Å²) in [5.41, 5.74) is 0.867. The number of anilines is 1. The molecule has 2 heterocycles. The van der Waals surface area contributed by atoms with E-state index in [2.05, 4.69) is 10.6 Å². The van der Waals surface area contributed by atoms with Gasteiger partial charge < -0.3 is 24.7 Å². The van der Waals surface area contributed by atoms with Crippen LogP contribution in [0.2, 0.25) is 0 Å². The Labute approximate surface area is 154 Å². The number of rotatable bonds is 5. The summed E-state index contributed by atoms with van der Waals surface area (Å²) in [5.74, 6) is 0.0150. The number of carbonyl (C=O) groups excluding carboxylic acids is 2. The average molecular weight is 381 g/mol. The number of carbonyl (C=O) groups is 2. The van der Waals surface area contributed by atoms with Gasteiger partial charge in [0.05, 0.1) is 30.4 Å². The lowest BCUT2D eigenvalue weighted by Crippen LogP contribution is -2.28. The maximum atomic E-state index is 12.3. The van der Waals surface area contributed by atoms with Crippen molar-refractivity contribution in [3.05, 3.63) is 40.2 Å². The van der Waals surface area contributed by atoms with Gasteiger partial charge in [0.25, 0.3) is 5.91 Å². The fourth-order valence-corrected chi connectivity index (χ4v) is 3.54. The monoisotopic (exact) mass is 381 g/mol. The molecule has 0 unspecified atom stereocenters. The summed E-state index contributed by atoms with van der Waals surface area (Å²) in [7, 11) is 4.61. The van der Waals surface area contributed by atoms with Gasteiger partial charge in [0.2, 0.25) is 0 Å². The first kappa shape index (κ1) is 18.9. The number of nitrogens with zero attached hydrogens (tertiary/aromatic N) is 1. The molecule has 0 spiro atoms. The first-order valence-corrected chi connectivity index (χ1v) is 8.58. The van der Waals surface area contributed by atoms with E-state index < -0.39 is 5.97 Å². The number of ether oxygens (including phenoxy) is 1. The number of hydrogen-bond acceptors (Lipinski definition) is 6. The van der Waals surface area contributed by atoms with Gasteiger partial charge in [-0.25, -0.2) is 4.79 Å². The van der Waals surface area contributed by atoms with Crippen LogP contribution in [0, 0.1) is 6.92 Å². The second-order valence-electron chi connectivity index (χ2n) is 5.34. The van der Waals surface area contributed by atoms with E-state index in [1.165, 1.54) is 12.0 Å². The number of esters is 1. The number of methoxy groups -OCH3 is 1.